The van der Waals surface area contributed by atoms with Crippen molar-refractivity contribution in [2.45, 2.75) is 12.3 Å². The number of nitrogens with one attached hydrogen (secondary N) is 1. The highest BCUT2D eigenvalue weighted by molar-refractivity contribution is 6.01. The molecule has 0 bridgehead atoms. The van der Waals surface area contributed by atoms with Gasteiger partial charge in [-0.1, -0.05) is 18.2 Å². The Morgan fingerprint density at radius 2 is 2.29 bits per heavy atom. The number of fused-ring (bicyclic) bond motifs is 1. The van der Waals surface area contributed by atoms with E-state index in [1.165, 1.54) is 0 Å². The summed E-state index contributed by atoms with van der Waals surface area (Å²) in [6.07, 6.45) is 5.93. The number of Topliss-reactive ketones (excluding diaryl/α,β-unsaturated/α-hetero) is 1. The number of hydrogen-bond acceptors (Lipinski definition) is 2. The van der Waals surface area contributed by atoms with E-state index in [4.69, 9.17) is 6.42 Å². The molecule has 1 aromatic carbocycles. The van der Waals surface area contributed by atoms with E-state index in [9.17, 15) is 4.79 Å². The lowest BCUT2D eigenvalue weighted by Crippen LogP contribution is -2.21. The van der Waals surface area contributed by atoms with Crippen molar-refractivity contribution in [1.82, 2.24) is 0 Å². The van der Waals surface area contributed by atoms with E-state index in [0.717, 1.165) is 24.2 Å². The molecule has 0 saturated carbocycles. The lowest BCUT2D eigenvalue weighted by molar-refractivity contribution is -0.115. The van der Waals surface area contributed by atoms with Gasteiger partial charge in [-0.05, 0) is 24.0 Å². The first-order chi connectivity index (χ1) is 6.83. The van der Waals surface area contributed by atoms with Crippen molar-refractivity contribution in [2.24, 2.45) is 0 Å². The molecule has 1 N–H and O–H groups in total. The highest BCUT2D eigenvalue weighted by Crippen LogP contribution is 2.31. The number of carbonyl (C=O) groups excluding carboxylic acids is 1. The Bertz CT molecular complexity index is 403. The molecule has 0 saturated heterocycles. The zero-order valence-electron chi connectivity index (χ0n) is 7.79. The van der Waals surface area contributed by atoms with Gasteiger partial charge in [-0.25, -0.2) is 0 Å². The molecular formula is C12H11NO. The van der Waals surface area contributed by atoms with E-state index in [1.807, 2.05) is 24.3 Å². The second-order valence-corrected chi connectivity index (χ2v) is 3.36. The quantitative estimate of drug-likeness (QED) is 0.534. The van der Waals surface area contributed by atoms with Gasteiger partial charge in [0.1, 0.15) is 0 Å². The number of rotatable bonds is 1. The number of hydrogen-bond donors (Lipinski definition) is 1. The molecular weight excluding hydrogens is 174 g/mol. The molecule has 2 nitrogen and oxygen atoms in total. The monoisotopic (exact) mass is 185 g/mol. The van der Waals surface area contributed by atoms with Gasteiger partial charge in [-0.15, -0.1) is 6.42 Å². The molecule has 0 aromatic heterocycles. The number of para-hydroxylation sites is 1. The van der Waals surface area contributed by atoms with Crippen LogP contribution in [-0.4, -0.2) is 12.3 Å². The highest BCUT2D eigenvalue weighted by Gasteiger charge is 2.24. The molecule has 1 unspecified atom stereocenters. The summed E-state index contributed by atoms with van der Waals surface area (Å²) < 4.78 is 0. The second-order valence-electron chi connectivity index (χ2n) is 3.36. The zero-order valence-corrected chi connectivity index (χ0v) is 7.79. The van der Waals surface area contributed by atoms with Gasteiger partial charge in [-0.3, -0.25) is 4.79 Å². The van der Waals surface area contributed by atoms with Crippen LogP contribution < -0.4 is 5.32 Å². The largest absolute Gasteiger partial charge is 0.385 e. The third-order valence-electron chi connectivity index (χ3n) is 2.54. The van der Waals surface area contributed by atoms with Gasteiger partial charge >= 0.3 is 0 Å². The molecule has 0 amide bonds. The number of anilines is 1. The molecule has 0 radical (unpaired) electrons. The van der Waals surface area contributed by atoms with Crippen LogP contribution in [0.25, 0.3) is 0 Å². The van der Waals surface area contributed by atoms with E-state index in [0.29, 0.717) is 0 Å². The van der Waals surface area contributed by atoms with Crippen molar-refractivity contribution in [2.75, 3.05) is 11.9 Å². The average molecular weight is 185 g/mol. The Labute approximate surface area is 83.3 Å². The Morgan fingerprint density at radius 3 is 3.07 bits per heavy atom. The van der Waals surface area contributed by atoms with Crippen LogP contribution in [0.3, 0.4) is 0 Å². The van der Waals surface area contributed by atoms with E-state index in [1.54, 1.807) is 0 Å². The van der Waals surface area contributed by atoms with Gasteiger partial charge in [0.2, 0.25) is 5.78 Å². The van der Waals surface area contributed by atoms with Gasteiger partial charge in [-0.2, -0.15) is 0 Å². The summed E-state index contributed by atoms with van der Waals surface area (Å²) in [7, 11) is 0. The summed E-state index contributed by atoms with van der Waals surface area (Å²) in [6.45, 7) is 0.815. The Hall–Kier alpha value is -1.75. The predicted octanol–water partition coefficient (Wildman–Crippen LogP) is 1.79. The van der Waals surface area contributed by atoms with Crippen LogP contribution in [-0.2, 0) is 4.79 Å². The van der Waals surface area contributed by atoms with Crippen LogP contribution in [0.5, 0.6) is 0 Å². The van der Waals surface area contributed by atoms with Gasteiger partial charge in [0, 0.05) is 12.2 Å². The predicted molar refractivity (Wildman–Crippen MR) is 56.1 cm³/mol. The van der Waals surface area contributed by atoms with E-state index in [-0.39, 0.29) is 11.7 Å². The summed E-state index contributed by atoms with van der Waals surface area (Å²) in [5, 5.41) is 3.25. The fourth-order valence-corrected chi connectivity index (χ4v) is 1.84. The minimum absolute atomic E-state index is 0.112. The summed E-state index contributed by atoms with van der Waals surface area (Å²) in [5.74, 6) is 1.98. The summed E-state index contributed by atoms with van der Waals surface area (Å²) >= 11 is 0. The number of terminal acetylenes is 1. The molecule has 1 heterocycles. The van der Waals surface area contributed by atoms with Crippen molar-refractivity contribution in [3.05, 3.63) is 29.8 Å². The molecule has 1 aromatic rings. The summed E-state index contributed by atoms with van der Waals surface area (Å²) in [6, 6.07) is 7.82. The van der Waals surface area contributed by atoms with Crippen LogP contribution in [0.2, 0.25) is 0 Å². The smallest absolute Gasteiger partial charge is 0.212 e. The first-order valence-corrected chi connectivity index (χ1v) is 4.66. The first kappa shape index (κ1) is 8.83. The van der Waals surface area contributed by atoms with E-state index >= 15 is 0 Å². The maximum absolute atomic E-state index is 11.5. The van der Waals surface area contributed by atoms with Gasteiger partial charge in [0.05, 0.1) is 5.92 Å². The Balaban J connectivity index is 2.41. The fourth-order valence-electron chi connectivity index (χ4n) is 1.84. The lowest BCUT2D eigenvalue weighted by atomic mass is 9.88. The maximum atomic E-state index is 11.5. The molecule has 0 spiro atoms. The molecule has 0 aliphatic carbocycles. The van der Waals surface area contributed by atoms with Crippen molar-refractivity contribution >= 4 is 11.5 Å². The van der Waals surface area contributed by atoms with Crippen molar-refractivity contribution < 1.29 is 4.79 Å². The van der Waals surface area contributed by atoms with Crippen LogP contribution in [0, 0.1) is 12.3 Å². The molecule has 1 atom stereocenters. The fraction of sp³-hybridized carbons (Fsp3) is 0.250. The first-order valence-electron chi connectivity index (χ1n) is 4.66. The minimum atomic E-state index is -0.113. The molecule has 1 aliphatic rings. The van der Waals surface area contributed by atoms with Gasteiger partial charge < -0.3 is 5.32 Å². The van der Waals surface area contributed by atoms with E-state index < -0.39 is 0 Å². The lowest BCUT2D eigenvalue weighted by Gasteiger charge is -2.23. The summed E-state index contributed by atoms with van der Waals surface area (Å²) in [4.78, 5) is 11.5. The third kappa shape index (κ3) is 1.38. The Kier molecular flexibility index (Phi) is 2.24. The third-order valence-corrected chi connectivity index (χ3v) is 2.54. The number of benzene rings is 1. The van der Waals surface area contributed by atoms with E-state index in [2.05, 4.69) is 11.2 Å². The van der Waals surface area contributed by atoms with Crippen LogP contribution in [0.1, 0.15) is 17.9 Å². The van der Waals surface area contributed by atoms with Crippen molar-refractivity contribution in [3.8, 4) is 12.3 Å². The van der Waals surface area contributed by atoms with Crippen LogP contribution in [0.4, 0.5) is 5.69 Å². The standard InChI is InChI=1S/C12H11NO/c1-2-12(14)10-7-8-13-11-6-4-3-5-9(10)11/h1,3-6,10,13H,7-8H2. The normalized spacial score (nSPS) is 18.9. The van der Waals surface area contributed by atoms with Gasteiger partial charge in [0.25, 0.3) is 0 Å². The van der Waals surface area contributed by atoms with Crippen molar-refractivity contribution in [1.29, 1.82) is 0 Å². The van der Waals surface area contributed by atoms with Crippen molar-refractivity contribution in [3.63, 3.8) is 0 Å². The summed E-state index contributed by atoms with van der Waals surface area (Å²) in [5.41, 5.74) is 2.06. The number of ketones is 1. The molecule has 2 rings (SSSR count). The molecule has 0 fully saturated rings. The molecule has 14 heavy (non-hydrogen) atoms. The highest BCUT2D eigenvalue weighted by atomic mass is 16.1. The average Bonchev–Trinajstić information content (AvgIpc) is 2.27. The van der Waals surface area contributed by atoms with Gasteiger partial charge in [0.15, 0.2) is 0 Å². The minimum Gasteiger partial charge on any atom is -0.385 e. The topological polar surface area (TPSA) is 29.1 Å². The SMILES string of the molecule is C#CC(=O)C1CCNc2ccccc21. The maximum Gasteiger partial charge on any atom is 0.212 e. The van der Waals surface area contributed by atoms with Crippen LogP contribution >= 0.6 is 0 Å². The Morgan fingerprint density at radius 1 is 1.50 bits per heavy atom. The second kappa shape index (κ2) is 3.55. The van der Waals surface area contributed by atoms with Crippen LogP contribution in [0.15, 0.2) is 24.3 Å². The number of carbonyl (C=O) groups is 1. The molecule has 2 heteroatoms. The molecule has 1 aliphatic heterocycles. The zero-order chi connectivity index (χ0) is 9.97. The molecule has 70 valence electrons.